The van der Waals surface area contributed by atoms with Gasteiger partial charge in [-0.1, -0.05) is 23.2 Å². The van der Waals surface area contributed by atoms with E-state index >= 15 is 0 Å². The van der Waals surface area contributed by atoms with Gasteiger partial charge in [0.2, 0.25) is 0 Å². The summed E-state index contributed by atoms with van der Waals surface area (Å²) in [6.45, 7) is 0. The van der Waals surface area contributed by atoms with E-state index in [4.69, 9.17) is 28.9 Å². The van der Waals surface area contributed by atoms with Crippen LogP contribution in [0.25, 0.3) is 0 Å². The average molecular weight is 295 g/mol. The molecule has 0 spiro atoms. The second-order valence-electron chi connectivity index (χ2n) is 3.74. The summed E-state index contributed by atoms with van der Waals surface area (Å²) in [6, 6.07) is 9.84. The van der Waals surface area contributed by atoms with E-state index < -0.39 is 0 Å². The lowest BCUT2D eigenvalue weighted by molar-refractivity contribution is -0.345. The molecule has 0 atom stereocenters. The Kier molecular flexibility index (Phi) is 4.14. The lowest BCUT2D eigenvalue weighted by atomic mass is 10.2. The molecule has 1 aromatic carbocycles. The molecule has 0 radical (unpaired) electrons. The summed E-state index contributed by atoms with van der Waals surface area (Å²) < 4.78 is 0. The average Bonchev–Trinajstić information content (AvgIpc) is 2.39. The number of nitrogen functional groups attached to an aromatic ring is 1. The fourth-order valence-corrected chi connectivity index (χ4v) is 1.74. The third kappa shape index (κ3) is 3.53. The first-order valence-corrected chi connectivity index (χ1v) is 6.13. The molecule has 0 unspecified atom stereocenters. The number of halogens is 2. The van der Waals surface area contributed by atoms with E-state index in [1.807, 2.05) is 0 Å². The number of pyridine rings is 1. The second kappa shape index (κ2) is 5.82. The molecule has 0 bridgehead atoms. The molecule has 0 fully saturated rings. The fraction of sp³-hybridized carbons (Fsp3) is 0. The van der Waals surface area contributed by atoms with Crippen molar-refractivity contribution in [2.75, 3.05) is 0 Å². The van der Waals surface area contributed by atoms with E-state index in [1.54, 1.807) is 30.3 Å². The zero-order chi connectivity index (χ0) is 13.8. The second-order valence-corrected chi connectivity index (χ2v) is 4.57. The molecule has 1 heterocycles. The van der Waals surface area contributed by atoms with Crippen LogP contribution in [0.15, 0.2) is 42.6 Å². The Morgan fingerprint density at radius 2 is 1.79 bits per heavy atom. The number of benzene rings is 1. The molecule has 0 aliphatic heterocycles. The monoisotopic (exact) mass is 294 g/mol. The van der Waals surface area contributed by atoms with E-state index in [0.29, 0.717) is 16.1 Å². The highest BCUT2D eigenvalue weighted by atomic mass is 35.5. The van der Waals surface area contributed by atoms with Crippen LogP contribution < -0.4 is 10.7 Å². The first-order valence-electron chi connectivity index (χ1n) is 5.37. The van der Waals surface area contributed by atoms with Crippen LogP contribution in [0.3, 0.4) is 0 Å². The van der Waals surface area contributed by atoms with Gasteiger partial charge in [-0.15, -0.1) is 0 Å². The third-order valence-electron chi connectivity index (χ3n) is 2.39. The fourth-order valence-electron chi connectivity index (χ4n) is 1.44. The van der Waals surface area contributed by atoms with Gasteiger partial charge in [0.15, 0.2) is 0 Å². The number of amidine groups is 1. The van der Waals surface area contributed by atoms with Crippen LogP contribution in [0, 0.1) is 0 Å². The van der Waals surface area contributed by atoms with Gasteiger partial charge >= 0.3 is 5.91 Å². The number of nitrogens with one attached hydrogen (secondary N) is 1. The molecule has 1 amide bonds. The van der Waals surface area contributed by atoms with Crippen LogP contribution >= 0.6 is 23.2 Å². The quantitative estimate of drug-likeness (QED) is 0.493. The van der Waals surface area contributed by atoms with Gasteiger partial charge in [-0.05, 0) is 36.4 Å². The number of carbonyl (C=O) groups is 1. The maximum absolute atomic E-state index is 11.9. The van der Waals surface area contributed by atoms with Gasteiger partial charge in [-0.2, -0.15) is 0 Å². The van der Waals surface area contributed by atoms with Crippen molar-refractivity contribution < 1.29 is 9.79 Å². The normalized spacial score (nSPS) is 11.4. The van der Waals surface area contributed by atoms with Crippen LogP contribution in [-0.4, -0.2) is 16.7 Å². The highest BCUT2D eigenvalue weighted by molar-refractivity contribution is 6.30. The van der Waals surface area contributed by atoms with Crippen molar-refractivity contribution in [3.63, 3.8) is 0 Å². The summed E-state index contributed by atoms with van der Waals surface area (Å²) >= 11 is 11.5. The largest absolute Gasteiger partial charge is 0.339 e. The first-order chi connectivity index (χ1) is 9.06. The standard InChI is InChI=1S/C13H9Cl2N3O/c14-10-3-1-8(2-4-10)12(16)18-13(19)9-5-6-17-11(15)7-9/h1-7H,(H2,16,18,19)/p+1. The summed E-state index contributed by atoms with van der Waals surface area (Å²) in [5, 5.41) is 0.849. The van der Waals surface area contributed by atoms with Crippen LogP contribution in [0.1, 0.15) is 15.9 Å². The number of aromatic nitrogens is 1. The molecular weight excluding hydrogens is 285 g/mol. The van der Waals surface area contributed by atoms with Gasteiger partial charge in [-0.3, -0.25) is 5.73 Å². The Bertz CT molecular complexity index is 639. The minimum atomic E-state index is -0.350. The van der Waals surface area contributed by atoms with Crippen molar-refractivity contribution in [2.24, 2.45) is 5.73 Å². The van der Waals surface area contributed by atoms with Crippen molar-refractivity contribution >= 4 is 34.9 Å². The van der Waals surface area contributed by atoms with Crippen LogP contribution in [0.4, 0.5) is 0 Å². The summed E-state index contributed by atoms with van der Waals surface area (Å²) in [7, 11) is 0. The predicted octanol–water partition coefficient (Wildman–Crippen LogP) is 1.01. The van der Waals surface area contributed by atoms with Gasteiger partial charge in [-0.25, -0.2) is 14.8 Å². The number of carbonyl (C=O) groups excluding carboxylic acids is 1. The lowest BCUT2D eigenvalue weighted by Gasteiger charge is -1.97. The minimum absolute atomic E-state index is 0.245. The minimum Gasteiger partial charge on any atom is -0.286 e. The number of amides is 1. The number of hydrogen-bond acceptors (Lipinski definition) is 2. The number of rotatable bonds is 2. The third-order valence-corrected chi connectivity index (χ3v) is 2.85. The first kappa shape index (κ1) is 13.5. The van der Waals surface area contributed by atoms with Crippen LogP contribution in [-0.2, 0) is 0 Å². The highest BCUT2D eigenvalue weighted by Crippen LogP contribution is 2.08. The van der Waals surface area contributed by atoms with E-state index in [1.165, 1.54) is 12.3 Å². The lowest BCUT2D eigenvalue weighted by Crippen LogP contribution is -2.79. The molecule has 19 heavy (non-hydrogen) atoms. The molecule has 0 saturated heterocycles. The van der Waals surface area contributed by atoms with Crippen molar-refractivity contribution in [3.8, 4) is 0 Å². The molecule has 2 rings (SSSR count). The predicted molar refractivity (Wildman–Crippen MR) is 74.3 cm³/mol. The summed E-state index contributed by atoms with van der Waals surface area (Å²) in [4.78, 5) is 18.3. The molecule has 0 aliphatic carbocycles. The maximum atomic E-state index is 11.9. The molecule has 0 saturated carbocycles. The van der Waals surface area contributed by atoms with E-state index in [0.717, 1.165) is 0 Å². The zero-order valence-electron chi connectivity index (χ0n) is 9.73. The van der Waals surface area contributed by atoms with Crippen molar-refractivity contribution in [3.05, 3.63) is 63.9 Å². The molecule has 3 N–H and O–H groups in total. The van der Waals surface area contributed by atoms with E-state index in [2.05, 4.69) is 9.98 Å². The summed E-state index contributed by atoms with van der Waals surface area (Å²) in [6.07, 6.45) is 1.45. The molecule has 2 aromatic rings. The number of nitrogens with two attached hydrogens (primary N) is 1. The topological polar surface area (TPSA) is 70.0 Å². The summed E-state index contributed by atoms with van der Waals surface area (Å²) in [5.41, 5.74) is 6.88. The van der Waals surface area contributed by atoms with Gasteiger partial charge in [0, 0.05) is 11.2 Å². The van der Waals surface area contributed by atoms with E-state index in [-0.39, 0.29) is 16.9 Å². The smallest absolute Gasteiger partial charge is 0.286 e. The number of hydrogen-bond donors (Lipinski definition) is 2. The van der Waals surface area contributed by atoms with Gasteiger partial charge in [0.25, 0.3) is 5.84 Å². The van der Waals surface area contributed by atoms with Crippen LogP contribution in [0.2, 0.25) is 10.2 Å². The Balaban J connectivity index is 2.25. The molecule has 4 nitrogen and oxygen atoms in total. The van der Waals surface area contributed by atoms with Crippen LogP contribution in [0.5, 0.6) is 0 Å². The molecule has 1 aromatic heterocycles. The van der Waals surface area contributed by atoms with E-state index in [9.17, 15) is 4.79 Å². The van der Waals surface area contributed by atoms with Crippen molar-refractivity contribution in [1.29, 1.82) is 0 Å². The molecule has 6 heteroatoms. The van der Waals surface area contributed by atoms with Crippen molar-refractivity contribution in [2.45, 2.75) is 0 Å². The maximum Gasteiger partial charge on any atom is 0.339 e. The highest BCUT2D eigenvalue weighted by Gasteiger charge is 2.11. The Morgan fingerprint density at radius 1 is 1.11 bits per heavy atom. The van der Waals surface area contributed by atoms with Gasteiger partial charge in [0.1, 0.15) is 5.15 Å². The van der Waals surface area contributed by atoms with Gasteiger partial charge < -0.3 is 0 Å². The Hall–Kier alpha value is -1.91. The molecule has 0 aliphatic rings. The molecule has 96 valence electrons. The zero-order valence-corrected chi connectivity index (χ0v) is 11.2. The summed E-state index contributed by atoms with van der Waals surface area (Å²) in [5.74, 6) is -0.105. The number of nitrogens with zero attached hydrogens (tertiary/aromatic N) is 1. The Morgan fingerprint density at radius 3 is 2.42 bits per heavy atom. The SMILES string of the molecule is NC(=[NH+]C(=O)c1ccnc(Cl)c1)c1ccc(Cl)cc1. The Labute approximate surface area is 119 Å². The molecular formula is C13H10Cl2N3O+. The van der Waals surface area contributed by atoms with Crippen molar-refractivity contribution in [1.82, 2.24) is 4.98 Å². The van der Waals surface area contributed by atoms with Gasteiger partial charge in [0.05, 0.1) is 11.1 Å².